The summed E-state index contributed by atoms with van der Waals surface area (Å²) in [5.41, 5.74) is 0.972. The van der Waals surface area contributed by atoms with E-state index in [9.17, 15) is 0 Å². The van der Waals surface area contributed by atoms with Crippen LogP contribution < -0.4 is 5.32 Å². The third kappa shape index (κ3) is 10.0. The van der Waals surface area contributed by atoms with Crippen LogP contribution in [-0.2, 0) is 3.63 Å². The van der Waals surface area contributed by atoms with Crippen molar-refractivity contribution in [3.63, 3.8) is 0 Å². The smallest absolute Gasteiger partial charge is 0.0753 e. The van der Waals surface area contributed by atoms with Gasteiger partial charge >= 0.3 is 0 Å². The molecule has 0 saturated heterocycles. The first-order chi connectivity index (χ1) is 15.7. The molecule has 178 valence electrons. The van der Waals surface area contributed by atoms with Gasteiger partial charge in [0, 0.05) is 71.1 Å². The molecule has 0 radical (unpaired) electrons. The third-order valence-corrected chi connectivity index (χ3v) is 7.81. The number of benzene rings is 2. The molecule has 1 atom stereocenters. The lowest BCUT2D eigenvalue weighted by Gasteiger charge is -2.10. The van der Waals surface area contributed by atoms with Crippen LogP contribution in [0.25, 0.3) is 0 Å². The number of nitrogens with zero attached hydrogens (tertiary/aromatic N) is 2. The first kappa shape index (κ1) is 29.5. The highest BCUT2D eigenvalue weighted by Gasteiger charge is 2.13. The molecule has 0 bridgehead atoms. The number of aromatic nitrogens is 2. The zero-order valence-corrected chi connectivity index (χ0v) is 23.9. The fourth-order valence-electron chi connectivity index (χ4n) is 2.22. The molecule has 1 unspecified atom stereocenters. The number of hydrogen-bond acceptors (Lipinski definition) is 7. The van der Waals surface area contributed by atoms with Gasteiger partial charge in [-0.1, -0.05) is 69.6 Å². The monoisotopic (exact) mass is 621 g/mol. The van der Waals surface area contributed by atoms with Gasteiger partial charge in [-0.3, -0.25) is 9.97 Å². The van der Waals surface area contributed by atoms with Gasteiger partial charge in [0.15, 0.2) is 0 Å². The molecule has 0 aliphatic heterocycles. The van der Waals surface area contributed by atoms with E-state index < -0.39 is 0 Å². The van der Waals surface area contributed by atoms with E-state index in [-0.39, 0.29) is 6.04 Å². The first-order valence-electron chi connectivity index (χ1n) is 9.13. The van der Waals surface area contributed by atoms with Crippen molar-refractivity contribution in [3.8, 4) is 0 Å². The SMILES string of the molecule is CC(NCCS)c1cnccn1.Clc1cc(Cl)c(SOSc2c(Cl)cc(Cl)cc2Cl)c(Cl)c1. The Morgan fingerprint density at radius 3 is 1.76 bits per heavy atom. The van der Waals surface area contributed by atoms with Gasteiger partial charge in [0.25, 0.3) is 0 Å². The fourth-order valence-corrected chi connectivity index (χ4v) is 5.60. The number of thiol groups is 1. The molecule has 0 fully saturated rings. The second-order valence-corrected chi connectivity index (χ2v) is 10.8. The summed E-state index contributed by atoms with van der Waals surface area (Å²) >= 11 is 42.0. The van der Waals surface area contributed by atoms with Crippen molar-refractivity contribution in [3.05, 3.63) is 78.7 Å². The average Bonchev–Trinajstić information content (AvgIpc) is 2.76. The molecule has 0 saturated carbocycles. The van der Waals surface area contributed by atoms with Crippen LogP contribution in [0.1, 0.15) is 18.7 Å². The summed E-state index contributed by atoms with van der Waals surface area (Å²) < 4.78 is 5.42. The summed E-state index contributed by atoms with van der Waals surface area (Å²) in [7, 11) is 0. The Kier molecular flexibility index (Phi) is 13.7. The van der Waals surface area contributed by atoms with Gasteiger partial charge in [-0.15, -0.1) is 0 Å². The molecule has 0 aliphatic rings. The molecule has 4 nitrogen and oxygen atoms in total. The van der Waals surface area contributed by atoms with E-state index in [2.05, 4.69) is 34.8 Å². The Balaban J connectivity index is 0.000000273. The molecular formula is C20H17Cl6N3OS3. The molecule has 2 aromatic carbocycles. The zero-order chi connectivity index (χ0) is 24.4. The molecule has 1 aromatic heterocycles. The summed E-state index contributed by atoms with van der Waals surface area (Å²) in [5, 5.41) is 5.75. The van der Waals surface area contributed by atoms with Crippen molar-refractivity contribution in [1.82, 2.24) is 15.3 Å². The minimum absolute atomic E-state index is 0.255. The van der Waals surface area contributed by atoms with Gasteiger partial charge < -0.3 is 5.32 Å². The number of rotatable bonds is 8. The summed E-state index contributed by atoms with van der Waals surface area (Å²) in [6, 6.07) is 6.56. The highest BCUT2D eigenvalue weighted by Crippen LogP contribution is 2.43. The fraction of sp³-hybridized carbons (Fsp3) is 0.200. The summed E-state index contributed by atoms with van der Waals surface area (Å²) in [6.07, 6.45) is 5.15. The first-order valence-corrected chi connectivity index (χ1v) is 13.5. The summed E-state index contributed by atoms with van der Waals surface area (Å²) in [4.78, 5) is 9.28. The van der Waals surface area contributed by atoms with Crippen LogP contribution in [0.5, 0.6) is 0 Å². The lowest BCUT2D eigenvalue weighted by Crippen LogP contribution is -2.21. The van der Waals surface area contributed by atoms with E-state index in [1.807, 2.05) is 0 Å². The summed E-state index contributed by atoms with van der Waals surface area (Å²) in [6.45, 7) is 2.95. The van der Waals surface area contributed by atoms with Crippen molar-refractivity contribution < 1.29 is 3.63 Å². The van der Waals surface area contributed by atoms with Crippen LogP contribution in [-0.4, -0.2) is 22.3 Å². The van der Waals surface area contributed by atoms with E-state index in [0.717, 1.165) is 42.1 Å². The van der Waals surface area contributed by atoms with Crippen molar-refractivity contribution in [2.24, 2.45) is 0 Å². The van der Waals surface area contributed by atoms with Crippen molar-refractivity contribution in [1.29, 1.82) is 0 Å². The van der Waals surface area contributed by atoms with E-state index >= 15 is 0 Å². The molecule has 33 heavy (non-hydrogen) atoms. The molecule has 1 N–H and O–H groups in total. The maximum absolute atomic E-state index is 6.05. The van der Waals surface area contributed by atoms with E-state index in [1.54, 1.807) is 42.9 Å². The molecule has 3 rings (SSSR count). The Morgan fingerprint density at radius 2 is 1.36 bits per heavy atom. The third-order valence-electron chi connectivity index (χ3n) is 3.75. The minimum Gasteiger partial charge on any atom is -0.308 e. The van der Waals surface area contributed by atoms with Crippen LogP contribution in [0.3, 0.4) is 0 Å². The average molecular weight is 624 g/mol. The Bertz CT molecular complexity index is 945. The van der Waals surface area contributed by atoms with Gasteiger partial charge in [-0.2, -0.15) is 12.6 Å². The minimum atomic E-state index is 0.255. The second kappa shape index (κ2) is 15.4. The van der Waals surface area contributed by atoms with Crippen LogP contribution >= 0.6 is 106 Å². The Labute approximate surface area is 237 Å². The molecule has 13 heteroatoms. The second-order valence-electron chi connectivity index (χ2n) is 6.16. The highest BCUT2D eigenvalue weighted by atomic mass is 35.5. The van der Waals surface area contributed by atoms with E-state index in [0.29, 0.717) is 39.9 Å². The molecular weight excluding hydrogens is 607 g/mol. The Morgan fingerprint density at radius 1 is 0.879 bits per heavy atom. The standard InChI is InChI=1S/C12H4Cl6OS2.C8H13N3S/c13-5-1-7(15)11(8(16)2-5)20-19-21-12-9(17)3-6(14)4-10(12)18;1-7(10-4-5-12)8-6-9-2-3-11-8/h1-4H;2-3,6-7,10,12H,4-5H2,1H3. The van der Waals surface area contributed by atoms with Gasteiger partial charge in [0.2, 0.25) is 0 Å². The van der Waals surface area contributed by atoms with Gasteiger partial charge in [0.05, 0.1) is 35.6 Å². The number of nitrogens with one attached hydrogen (secondary N) is 1. The van der Waals surface area contributed by atoms with Gasteiger partial charge in [-0.05, 0) is 31.2 Å². The zero-order valence-electron chi connectivity index (χ0n) is 16.9. The molecule has 3 aromatic rings. The molecule has 0 aliphatic carbocycles. The predicted octanol–water partition coefficient (Wildman–Crippen LogP) is 9.39. The quantitative estimate of drug-likeness (QED) is 0.193. The maximum Gasteiger partial charge on any atom is 0.0753 e. The van der Waals surface area contributed by atoms with Crippen LogP contribution in [0.4, 0.5) is 0 Å². The largest absolute Gasteiger partial charge is 0.308 e. The maximum atomic E-state index is 6.05. The highest BCUT2D eigenvalue weighted by molar-refractivity contribution is 8.08. The van der Waals surface area contributed by atoms with E-state index in [1.165, 1.54) is 0 Å². The lowest BCUT2D eigenvalue weighted by atomic mass is 10.2. The van der Waals surface area contributed by atoms with E-state index in [4.69, 9.17) is 73.2 Å². The molecule has 1 heterocycles. The molecule has 0 amide bonds. The predicted molar refractivity (Wildman–Crippen MR) is 148 cm³/mol. The summed E-state index contributed by atoms with van der Waals surface area (Å²) in [5.74, 6) is 0.838. The Hall–Kier alpha value is 0.230. The number of halogens is 6. The lowest BCUT2D eigenvalue weighted by molar-refractivity contribution is 0.584. The topological polar surface area (TPSA) is 47.0 Å². The van der Waals surface area contributed by atoms with Gasteiger partial charge in [0.1, 0.15) is 0 Å². The van der Waals surface area contributed by atoms with Crippen molar-refractivity contribution >= 4 is 106 Å². The van der Waals surface area contributed by atoms with Crippen molar-refractivity contribution in [2.75, 3.05) is 12.3 Å². The molecule has 0 spiro atoms. The van der Waals surface area contributed by atoms with Crippen molar-refractivity contribution in [2.45, 2.75) is 22.8 Å². The van der Waals surface area contributed by atoms with Crippen LogP contribution in [0.2, 0.25) is 30.1 Å². The van der Waals surface area contributed by atoms with Crippen LogP contribution in [0.15, 0.2) is 52.6 Å². The number of hydrogen-bond donors (Lipinski definition) is 2. The van der Waals surface area contributed by atoms with Gasteiger partial charge in [-0.25, -0.2) is 3.63 Å². The van der Waals surface area contributed by atoms with Crippen LogP contribution in [0, 0.1) is 0 Å². The normalized spacial score (nSPS) is 11.6.